The van der Waals surface area contributed by atoms with E-state index in [-0.39, 0.29) is 0 Å². The van der Waals surface area contributed by atoms with Crippen molar-refractivity contribution >= 4 is 6.08 Å². The molecule has 2 atom stereocenters. The van der Waals surface area contributed by atoms with Crippen molar-refractivity contribution < 1.29 is 14.2 Å². The first-order valence-electron chi connectivity index (χ1n) is 17.9. The summed E-state index contributed by atoms with van der Waals surface area (Å²) in [6.45, 7) is 36.7. The maximum Gasteiger partial charge on any atom is 0.119 e. The summed E-state index contributed by atoms with van der Waals surface area (Å²) < 4.78 is 17.1. The highest BCUT2D eigenvalue weighted by molar-refractivity contribution is 5.52. The lowest BCUT2D eigenvalue weighted by molar-refractivity contribution is 0.136. The third kappa shape index (κ3) is 20.0. The molecule has 1 aliphatic rings. The van der Waals surface area contributed by atoms with Crippen LogP contribution in [0.15, 0.2) is 85.7 Å². The number of benzene rings is 2. The van der Waals surface area contributed by atoms with Crippen LogP contribution >= 0.6 is 0 Å². The zero-order valence-corrected chi connectivity index (χ0v) is 32.4. The topological polar surface area (TPSA) is 51.8 Å². The lowest BCUT2D eigenvalue weighted by Gasteiger charge is -2.33. The quantitative estimate of drug-likeness (QED) is 0.0920. The van der Waals surface area contributed by atoms with Crippen LogP contribution in [0.5, 0.6) is 5.75 Å². The molecular formula is C42H72N2O3. The summed E-state index contributed by atoms with van der Waals surface area (Å²) in [6.07, 6.45) is 7.92. The minimum absolute atomic E-state index is 0.384. The maximum absolute atomic E-state index is 5.97. The van der Waals surface area contributed by atoms with Crippen LogP contribution in [-0.4, -0.2) is 46.1 Å². The van der Waals surface area contributed by atoms with Gasteiger partial charge in [0.15, 0.2) is 0 Å². The second kappa shape index (κ2) is 34.2. The summed E-state index contributed by atoms with van der Waals surface area (Å²) in [7, 11) is 1.68. The lowest BCUT2D eigenvalue weighted by atomic mass is 9.86. The van der Waals surface area contributed by atoms with Crippen LogP contribution in [0.4, 0.5) is 0 Å². The van der Waals surface area contributed by atoms with E-state index in [1.165, 1.54) is 22.3 Å². The summed E-state index contributed by atoms with van der Waals surface area (Å²) in [5.41, 5.74) is 6.19. The molecule has 1 heterocycles. The summed E-state index contributed by atoms with van der Waals surface area (Å²) in [5, 5.41) is 7.35. The molecule has 0 unspecified atom stereocenters. The third-order valence-electron chi connectivity index (χ3n) is 7.01. The Morgan fingerprint density at radius 3 is 2.17 bits per heavy atom. The molecule has 2 aromatic rings. The summed E-state index contributed by atoms with van der Waals surface area (Å²) in [5.74, 6) is 2.27. The smallest absolute Gasteiger partial charge is 0.119 e. The molecule has 1 saturated heterocycles. The SMILES string of the molecule is C=C.C=Cc1cc(CN[C@H]2CNCC[C@H]2c2ccc(OCCCOCC(/C=C\C)=C(/C)OC)cc2)ccc1C.CC.CC.CC.CC. The molecule has 0 bridgehead atoms. The zero-order valence-electron chi connectivity index (χ0n) is 32.4. The molecule has 5 heteroatoms. The van der Waals surface area contributed by atoms with Gasteiger partial charge in [-0.3, -0.25) is 0 Å². The van der Waals surface area contributed by atoms with Gasteiger partial charge in [-0.15, -0.1) is 13.2 Å². The second-order valence-corrected chi connectivity index (χ2v) is 9.59. The minimum Gasteiger partial charge on any atom is -0.501 e. The number of hydrogen-bond acceptors (Lipinski definition) is 5. The number of methoxy groups -OCH3 is 1. The van der Waals surface area contributed by atoms with Gasteiger partial charge in [0, 0.05) is 37.0 Å². The monoisotopic (exact) mass is 653 g/mol. The lowest BCUT2D eigenvalue weighted by Crippen LogP contribution is -2.47. The molecule has 1 fully saturated rings. The maximum atomic E-state index is 5.97. The Balaban J connectivity index is -0.00000176. The van der Waals surface area contributed by atoms with Crippen molar-refractivity contribution in [2.45, 2.75) is 108 Å². The Bertz CT molecular complexity index is 1060. The Hall–Kier alpha value is -3.12. The van der Waals surface area contributed by atoms with Crippen molar-refractivity contribution in [3.63, 3.8) is 0 Å². The van der Waals surface area contributed by atoms with E-state index in [0.29, 0.717) is 31.8 Å². The van der Waals surface area contributed by atoms with Crippen LogP contribution in [-0.2, 0) is 16.0 Å². The first-order chi connectivity index (χ1) is 23.0. The van der Waals surface area contributed by atoms with Gasteiger partial charge in [-0.05, 0) is 68.1 Å². The second-order valence-electron chi connectivity index (χ2n) is 9.59. The van der Waals surface area contributed by atoms with Crippen molar-refractivity contribution in [1.82, 2.24) is 10.6 Å². The van der Waals surface area contributed by atoms with Gasteiger partial charge < -0.3 is 24.8 Å². The van der Waals surface area contributed by atoms with E-state index in [4.69, 9.17) is 14.2 Å². The summed E-state index contributed by atoms with van der Waals surface area (Å²) in [4.78, 5) is 0. The van der Waals surface area contributed by atoms with Gasteiger partial charge in [-0.25, -0.2) is 0 Å². The van der Waals surface area contributed by atoms with Crippen molar-refractivity contribution in [1.29, 1.82) is 0 Å². The van der Waals surface area contributed by atoms with Gasteiger partial charge in [-0.2, -0.15) is 0 Å². The van der Waals surface area contributed by atoms with Gasteiger partial charge in [0.1, 0.15) is 5.75 Å². The van der Waals surface area contributed by atoms with Gasteiger partial charge >= 0.3 is 0 Å². The number of nitrogens with one attached hydrogen (secondary N) is 2. The van der Waals surface area contributed by atoms with E-state index >= 15 is 0 Å². The number of ether oxygens (including phenoxy) is 3. The van der Waals surface area contributed by atoms with Crippen LogP contribution in [0.1, 0.15) is 110 Å². The minimum atomic E-state index is 0.384. The highest BCUT2D eigenvalue weighted by Gasteiger charge is 2.26. The van der Waals surface area contributed by atoms with Crippen molar-refractivity contribution in [3.05, 3.63) is 108 Å². The Labute approximate surface area is 291 Å². The van der Waals surface area contributed by atoms with E-state index < -0.39 is 0 Å². The van der Waals surface area contributed by atoms with Gasteiger partial charge in [0.2, 0.25) is 0 Å². The Morgan fingerprint density at radius 2 is 1.60 bits per heavy atom. The standard InChI is InChI=1S/C32H44N2O3.4C2H6.C2H4/c1-6-9-29(25(4)35-5)23-36-18-8-19-37-30-14-12-28(13-15-30)31-16-17-33-22-32(31)34-21-26-11-10-24(3)27(7-2)20-26;5*1-2/h6-7,9-15,20,31-34H,2,8,16-19,21-23H2,1,3-5H3;4*1-2H3;1-2H2/b9-6-,29-25-;;;;;/t31-,32-;;;;;/m0...../s1. The van der Waals surface area contributed by atoms with Crippen LogP contribution in [0, 0.1) is 6.92 Å². The van der Waals surface area contributed by atoms with Crippen LogP contribution < -0.4 is 15.4 Å². The fourth-order valence-electron chi connectivity index (χ4n) is 4.68. The molecule has 268 valence electrons. The molecule has 0 aliphatic carbocycles. The molecule has 0 amide bonds. The predicted molar refractivity (Wildman–Crippen MR) is 211 cm³/mol. The highest BCUT2D eigenvalue weighted by atomic mass is 16.5. The van der Waals surface area contributed by atoms with E-state index in [1.807, 2.05) is 87.5 Å². The highest BCUT2D eigenvalue weighted by Crippen LogP contribution is 2.28. The fourth-order valence-corrected chi connectivity index (χ4v) is 4.68. The normalized spacial score (nSPS) is 15.1. The van der Waals surface area contributed by atoms with Crippen molar-refractivity contribution in [2.75, 3.05) is 40.0 Å². The first kappa shape index (κ1) is 48.3. The Kier molecular flexibility index (Phi) is 35.2. The van der Waals surface area contributed by atoms with E-state index in [0.717, 1.165) is 49.6 Å². The number of aryl methyl sites for hydroxylation is 1. The van der Waals surface area contributed by atoms with Gasteiger partial charge in [0.25, 0.3) is 0 Å². The Morgan fingerprint density at radius 1 is 0.957 bits per heavy atom. The number of allylic oxidation sites excluding steroid dienone is 2. The summed E-state index contributed by atoms with van der Waals surface area (Å²) in [6, 6.07) is 15.6. The van der Waals surface area contributed by atoms with Crippen LogP contribution in [0.2, 0.25) is 0 Å². The zero-order chi connectivity index (χ0) is 36.5. The molecule has 0 spiro atoms. The number of piperidine rings is 1. The van der Waals surface area contributed by atoms with Gasteiger partial charge in [0.05, 0.1) is 32.7 Å². The summed E-state index contributed by atoms with van der Waals surface area (Å²) >= 11 is 0. The molecule has 1 aliphatic heterocycles. The fraction of sp³-hybridized carbons (Fsp3) is 0.524. The van der Waals surface area contributed by atoms with Crippen LogP contribution in [0.3, 0.4) is 0 Å². The molecule has 2 N–H and O–H groups in total. The third-order valence-corrected chi connectivity index (χ3v) is 7.01. The molecular weight excluding hydrogens is 580 g/mol. The average molecular weight is 653 g/mol. The largest absolute Gasteiger partial charge is 0.501 e. The molecule has 2 aromatic carbocycles. The first-order valence-corrected chi connectivity index (χ1v) is 17.9. The van der Waals surface area contributed by atoms with Crippen molar-refractivity contribution in [3.8, 4) is 5.75 Å². The molecule has 0 saturated carbocycles. The molecule has 0 aromatic heterocycles. The van der Waals surface area contributed by atoms with Gasteiger partial charge in [-0.1, -0.05) is 111 Å². The molecule has 47 heavy (non-hydrogen) atoms. The van der Waals surface area contributed by atoms with E-state index in [2.05, 4.69) is 79.8 Å². The molecule has 0 radical (unpaired) electrons. The van der Waals surface area contributed by atoms with Crippen molar-refractivity contribution in [2.24, 2.45) is 0 Å². The van der Waals surface area contributed by atoms with E-state index in [1.54, 1.807) is 7.11 Å². The van der Waals surface area contributed by atoms with E-state index in [9.17, 15) is 0 Å². The van der Waals surface area contributed by atoms with Crippen LogP contribution in [0.25, 0.3) is 6.08 Å². The average Bonchev–Trinajstić information content (AvgIpc) is 3.16. The number of rotatable bonds is 14. The molecule has 5 nitrogen and oxygen atoms in total. The molecule has 3 rings (SSSR count). The predicted octanol–water partition coefficient (Wildman–Crippen LogP) is 11.1. The number of hydrogen-bond donors (Lipinski definition) is 2.